The second kappa shape index (κ2) is 9.96. The molecule has 3 amide bonds. The second-order valence-electron chi connectivity index (χ2n) is 9.74. The van der Waals surface area contributed by atoms with Crippen LogP contribution < -0.4 is 10.6 Å². The van der Waals surface area contributed by atoms with Crippen LogP contribution in [0.3, 0.4) is 0 Å². The first-order valence-corrected chi connectivity index (χ1v) is 13.1. The van der Waals surface area contributed by atoms with Crippen LogP contribution >= 0.6 is 0 Å². The highest BCUT2D eigenvalue weighted by Crippen LogP contribution is 2.45. The molecule has 0 aromatic carbocycles. The Kier molecular flexibility index (Phi) is 8.18. The number of rotatable bonds is 9. The molecule has 1 saturated heterocycles. The second-order valence-corrected chi connectivity index (χ2v) is 11.4. The molecule has 2 N–H and O–H groups in total. The average molecular weight is 414 g/mol. The fourth-order valence-corrected chi connectivity index (χ4v) is 5.25. The molecule has 7 nitrogen and oxygen atoms in total. The molecule has 2 fully saturated rings. The van der Waals surface area contributed by atoms with Gasteiger partial charge in [0.15, 0.2) is 0 Å². The van der Waals surface area contributed by atoms with Crippen LogP contribution in [0.15, 0.2) is 0 Å². The van der Waals surface area contributed by atoms with E-state index < -0.39 is 0 Å². The lowest BCUT2D eigenvalue weighted by Crippen LogP contribution is -2.52. The summed E-state index contributed by atoms with van der Waals surface area (Å²) in [4.78, 5) is 26.3. The topological polar surface area (TPSA) is 83.2 Å². The summed E-state index contributed by atoms with van der Waals surface area (Å²) in [7, 11) is 1.94. The molecule has 0 radical (unpaired) electrons. The van der Waals surface area contributed by atoms with Crippen LogP contribution in [0.25, 0.3) is 0 Å². The van der Waals surface area contributed by atoms with Crippen molar-refractivity contribution in [2.24, 2.45) is 10.8 Å². The molecule has 0 spiro atoms. The highest BCUT2D eigenvalue weighted by molar-refractivity contribution is 6.33. The Balaban J connectivity index is 1.84. The van der Waals surface area contributed by atoms with E-state index in [2.05, 4.69) is 38.0 Å². The zero-order chi connectivity index (χ0) is 20.8. The van der Waals surface area contributed by atoms with Crippen molar-refractivity contribution in [2.75, 3.05) is 33.4 Å². The third-order valence-corrected chi connectivity index (χ3v) is 6.88. The van der Waals surface area contributed by atoms with Crippen molar-refractivity contribution in [2.45, 2.75) is 71.2 Å². The zero-order valence-corrected chi connectivity index (χ0v) is 19.7. The molecule has 8 heteroatoms. The molecule has 0 aromatic heterocycles. The predicted octanol–water partition coefficient (Wildman–Crippen LogP) is 2.36. The summed E-state index contributed by atoms with van der Waals surface area (Å²) in [5.41, 5.74) is 0.0198. The molecule has 3 atom stereocenters. The largest absolute Gasteiger partial charge is 0.447 e. The minimum Gasteiger partial charge on any atom is -0.447 e. The van der Waals surface area contributed by atoms with E-state index in [-0.39, 0.29) is 44.6 Å². The summed E-state index contributed by atoms with van der Waals surface area (Å²) in [6, 6.07) is 1.41. The van der Waals surface area contributed by atoms with Gasteiger partial charge in [0.2, 0.25) is 0 Å². The number of nitrogens with zero attached hydrogens (tertiary/aromatic N) is 1. The lowest BCUT2D eigenvalue weighted by molar-refractivity contribution is 0.0672. The lowest BCUT2D eigenvalue weighted by Gasteiger charge is -2.47. The lowest BCUT2D eigenvalue weighted by atomic mass is 9.62. The summed E-state index contributed by atoms with van der Waals surface area (Å²) in [5.74, 6) is 0. The van der Waals surface area contributed by atoms with E-state index in [0.717, 1.165) is 32.2 Å². The first-order chi connectivity index (χ1) is 13.1. The van der Waals surface area contributed by atoms with E-state index in [1.165, 1.54) is 6.04 Å². The van der Waals surface area contributed by atoms with Crippen LogP contribution in [0.1, 0.15) is 46.5 Å². The maximum atomic E-state index is 12.6. The maximum Gasteiger partial charge on any atom is 0.407 e. The van der Waals surface area contributed by atoms with Gasteiger partial charge in [-0.2, -0.15) is 0 Å². The Labute approximate surface area is 172 Å². The number of carbonyl (C=O) groups is 2. The predicted molar refractivity (Wildman–Crippen MR) is 114 cm³/mol. The molecular weight excluding hydrogens is 374 g/mol. The average Bonchev–Trinajstić information content (AvgIpc) is 3.41. The van der Waals surface area contributed by atoms with Gasteiger partial charge in [-0.1, -0.05) is 33.4 Å². The smallest absolute Gasteiger partial charge is 0.407 e. The molecule has 1 aliphatic heterocycles. The first-order valence-electron chi connectivity index (χ1n) is 10.7. The van der Waals surface area contributed by atoms with Crippen molar-refractivity contribution in [1.29, 1.82) is 0 Å². The summed E-state index contributed by atoms with van der Waals surface area (Å²) in [5, 5.41) is 6.14. The molecule has 1 aliphatic carbocycles. The van der Waals surface area contributed by atoms with Gasteiger partial charge in [0, 0.05) is 35.7 Å². The zero-order valence-electron chi connectivity index (χ0n) is 18.3. The van der Waals surface area contributed by atoms with Crippen LogP contribution in [0.5, 0.6) is 0 Å². The number of amides is 3. The molecule has 2 rings (SSSR count). The van der Waals surface area contributed by atoms with E-state index in [1.807, 2.05) is 7.05 Å². The highest BCUT2D eigenvalue weighted by Gasteiger charge is 2.42. The van der Waals surface area contributed by atoms with Gasteiger partial charge >= 0.3 is 12.1 Å². The van der Waals surface area contributed by atoms with Crippen LogP contribution in [-0.4, -0.2) is 72.0 Å². The number of urea groups is 1. The number of hydrogen-bond acceptors (Lipinski definition) is 4. The summed E-state index contributed by atoms with van der Waals surface area (Å²) < 4.78 is 10.2. The van der Waals surface area contributed by atoms with E-state index in [4.69, 9.17) is 9.47 Å². The van der Waals surface area contributed by atoms with Crippen LogP contribution in [0.4, 0.5) is 9.59 Å². The number of epoxide rings is 1. The van der Waals surface area contributed by atoms with Crippen molar-refractivity contribution >= 4 is 21.6 Å². The number of alkyl carbamates (subject to hydrolysis) is 1. The molecule has 0 bridgehead atoms. The van der Waals surface area contributed by atoms with Gasteiger partial charge < -0.3 is 25.0 Å². The SMILES string of the molecule is C[SiH2]CCCN(C)C(=O)NC1CC(C)(C)CC(C)(CNC(=O)OCC2CO2)C1. The molecule has 1 heterocycles. The Morgan fingerprint density at radius 1 is 1.29 bits per heavy atom. The van der Waals surface area contributed by atoms with Crippen molar-refractivity contribution in [3.8, 4) is 0 Å². The number of ether oxygens (including phenoxy) is 2. The van der Waals surface area contributed by atoms with Crippen molar-refractivity contribution in [3.63, 3.8) is 0 Å². The van der Waals surface area contributed by atoms with Crippen molar-refractivity contribution in [3.05, 3.63) is 0 Å². The van der Waals surface area contributed by atoms with Crippen LogP contribution in [-0.2, 0) is 9.47 Å². The Morgan fingerprint density at radius 3 is 2.64 bits per heavy atom. The van der Waals surface area contributed by atoms with Gasteiger partial charge in [0.1, 0.15) is 12.7 Å². The van der Waals surface area contributed by atoms with Crippen molar-refractivity contribution in [1.82, 2.24) is 15.5 Å². The summed E-state index contributed by atoms with van der Waals surface area (Å²) >= 11 is 0. The third kappa shape index (κ3) is 7.99. The van der Waals surface area contributed by atoms with E-state index in [0.29, 0.717) is 19.8 Å². The van der Waals surface area contributed by atoms with Gasteiger partial charge in [0.25, 0.3) is 0 Å². The monoisotopic (exact) mass is 413 g/mol. The van der Waals surface area contributed by atoms with E-state index in [1.54, 1.807) is 4.90 Å². The van der Waals surface area contributed by atoms with Crippen molar-refractivity contribution < 1.29 is 19.1 Å². The van der Waals surface area contributed by atoms with Gasteiger partial charge in [0.05, 0.1) is 6.61 Å². The molecule has 2 aliphatic rings. The number of carbonyl (C=O) groups excluding carboxylic acids is 2. The Hall–Kier alpha value is -1.28. The molecule has 162 valence electrons. The van der Waals surface area contributed by atoms with Gasteiger partial charge in [-0.15, -0.1) is 0 Å². The van der Waals surface area contributed by atoms with Crippen LogP contribution in [0, 0.1) is 10.8 Å². The van der Waals surface area contributed by atoms with E-state index >= 15 is 0 Å². The third-order valence-electron chi connectivity index (χ3n) is 5.68. The summed E-state index contributed by atoms with van der Waals surface area (Å²) in [6.45, 7) is 11.3. The normalized spacial score (nSPS) is 28.8. The Bertz CT molecular complexity index is 542. The number of nitrogens with one attached hydrogen (secondary N) is 2. The molecule has 28 heavy (non-hydrogen) atoms. The van der Waals surface area contributed by atoms with Crippen LogP contribution in [0.2, 0.25) is 12.6 Å². The molecule has 3 unspecified atom stereocenters. The highest BCUT2D eigenvalue weighted by atomic mass is 28.2. The van der Waals surface area contributed by atoms with E-state index in [9.17, 15) is 9.59 Å². The minimum absolute atomic E-state index is 0.0135. The fourth-order valence-electron chi connectivity index (χ4n) is 4.53. The first kappa shape index (κ1) is 23.0. The van der Waals surface area contributed by atoms with Gasteiger partial charge in [-0.25, -0.2) is 9.59 Å². The quantitative estimate of drug-likeness (QED) is 0.345. The standard InChI is InChI=1S/C20H39N3O4Si/c1-19(2)9-15(22-17(24)23(4)7-6-8-28-5)10-20(3,13-19)14-21-18(25)27-12-16-11-26-16/h15-16H,6-14,28H2,1-5H3,(H,21,25)(H,22,24). The molecule has 1 saturated carbocycles. The van der Waals surface area contributed by atoms with Gasteiger partial charge in [-0.3, -0.25) is 0 Å². The fraction of sp³-hybridized carbons (Fsp3) is 0.900. The number of hydrogen-bond donors (Lipinski definition) is 2. The molecule has 0 aromatic rings. The molecular formula is C20H39N3O4Si. The minimum atomic E-state index is -0.389. The van der Waals surface area contributed by atoms with Gasteiger partial charge in [-0.05, 0) is 36.5 Å². The summed E-state index contributed by atoms with van der Waals surface area (Å²) in [6.07, 6.45) is 3.58. The Morgan fingerprint density at radius 2 is 2.00 bits per heavy atom. The maximum absolute atomic E-state index is 12.6.